The van der Waals surface area contributed by atoms with Crippen molar-refractivity contribution in [2.24, 2.45) is 5.73 Å². The largest absolute Gasteiger partial charge is 0.480 e. The third kappa shape index (κ3) is 3.56. The van der Waals surface area contributed by atoms with E-state index in [2.05, 4.69) is 0 Å². The van der Waals surface area contributed by atoms with Crippen molar-refractivity contribution in [2.75, 3.05) is 10.7 Å². The highest BCUT2D eigenvalue weighted by Gasteiger charge is 2.41. The van der Waals surface area contributed by atoms with Gasteiger partial charge >= 0.3 is 5.97 Å². The number of hydrogen-bond acceptors (Lipinski definition) is 5. The number of carboxylic acid groups (broad SMARTS) is 1. The van der Waals surface area contributed by atoms with Gasteiger partial charge in [0.2, 0.25) is 11.8 Å². The number of carbonyl (C=O) groups is 3. The second kappa shape index (κ2) is 6.72. The summed E-state index contributed by atoms with van der Waals surface area (Å²) < 4.78 is 0. The Morgan fingerprint density at radius 1 is 1.35 bits per heavy atom. The second-order valence-electron chi connectivity index (χ2n) is 5.79. The fourth-order valence-electron chi connectivity index (χ4n) is 2.79. The van der Waals surface area contributed by atoms with E-state index in [0.717, 1.165) is 28.5 Å². The molecule has 2 rings (SSSR count). The molecule has 1 aromatic carbocycles. The highest BCUT2D eigenvalue weighted by molar-refractivity contribution is 8.00. The number of nitrogens with zero attached hydrogens (tertiary/aromatic N) is 1. The van der Waals surface area contributed by atoms with E-state index in [1.54, 1.807) is 0 Å². The summed E-state index contributed by atoms with van der Waals surface area (Å²) in [5, 5.41) is 8.23. The molecule has 0 spiro atoms. The van der Waals surface area contributed by atoms with E-state index in [1.165, 1.54) is 4.90 Å². The molecule has 7 heteroatoms. The first-order chi connectivity index (χ1) is 10.7. The lowest BCUT2D eigenvalue weighted by Gasteiger charge is -2.20. The van der Waals surface area contributed by atoms with E-state index in [9.17, 15) is 14.4 Å². The number of imide groups is 1. The number of carbonyl (C=O) groups excluding carboxylic acids is 2. The first-order valence-corrected chi connectivity index (χ1v) is 8.32. The van der Waals surface area contributed by atoms with Gasteiger partial charge in [0, 0.05) is 12.2 Å². The molecule has 2 amide bonds. The Morgan fingerprint density at radius 3 is 2.43 bits per heavy atom. The molecule has 1 saturated heterocycles. The van der Waals surface area contributed by atoms with Crippen molar-refractivity contribution in [3.8, 4) is 0 Å². The molecule has 1 aliphatic rings. The molecule has 3 N–H and O–H groups in total. The highest BCUT2D eigenvalue weighted by Crippen LogP contribution is 2.34. The number of anilines is 1. The van der Waals surface area contributed by atoms with Gasteiger partial charge in [0.05, 0.1) is 10.9 Å². The van der Waals surface area contributed by atoms with Crippen LogP contribution >= 0.6 is 11.8 Å². The summed E-state index contributed by atoms with van der Waals surface area (Å²) in [5.74, 6) is -1.57. The van der Waals surface area contributed by atoms with Gasteiger partial charge in [-0.15, -0.1) is 11.8 Å². The van der Waals surface area contributed by atoms with Crippen molar-refractivity contribution in [1.82, 2.24) is 0 Å². The first-order valence-electron chi connectivity index (χ1n) is 7.27. The summed E-state index contributed by atoms with van der Waals surface area (Å²) in [6.45, 7) is 5.71. The minimum Gasteiger partial charge on any atom is -0.480 e. The van der Waals surface area contributed by atoms with Crippen LogP contribution in [0.4, 0.5) is 5.69 Å². The maximum atomic E-state index is 12.6. The molecule has 1 fully saturated rings. The van der Waals surface area contributed by atoms with Crippen molar-refractivity contribution in [3.05, 3.63) is 28.8 Å². The maximum absolute atomic E-state index is 12.6. The molecule has 1 aromatic rings. The second-order valence-corrected chi connectivity index (χ2v) is 7.02. The number of carboxylic acids is 1. The van der Waals surface area contributed by atoms with Crippen LogP contribution < -0.4 is 10.6 Å². The molecule has 0 bridgehead atoms. The quantitative estimate of drug-likeness (QED) is 0.788. The predicted molar refractivity (Wildman–Crippen MR) is 89.6 cm³/mol. The smallest absolute Gasteiger partial charge is 0.321 e. The topological polar surface area (TPSA) is 101 Å². The van der Waals surface area contributed by atoms with E-state index in [1.807, 2.05) is 32.9 Å². The van der Waals surface area contributed by atoms with Crippen LogP contribution in [0.25, 0.3) is 0 Å². The van der Waals surface area contributed by atoms with Crippen molar-refractivity contribution < 1.29 is 19.5 Å². The monoisotopic (exact) mass is 336 g/mol. The van der Waals surface area contributed by atoms with Crippen LogP contribution in [0.15, 0.2) is 12.1 Å². The fraction of sp³-hybridized carbons (Fsp3) is 0.438. The van der Waals surface area contributed by atoms with Crippen molar-refractivity contribution in [3.63, 3.8) is 0 Å². The van der Waals surface area contributed by atoms with Crippen LogP contribution in [0.2, 0.25) is 0 Å². The summed E-state index contributed by atoms with van der Waals surface area (Å²) >= 11 is 1.13. The van der Waals surface area contributed by atoms with E-state index < -0.39 is 17.3 Å². The van der Waals surface area contributed by atoms with Gasteiger partial charge in [0.25, 0.3) is 0 Å². The van der Waals surface area contributed by atoms with E-state index in [0.29, 0.717) is 5.69 Å². The molecule has 23 heavy (non-hydrogen) atoms. The Hall–Kier alpha value is -1.86. The molecule has 0 unspecified atom stereocenters. The maximum Gasteiger partial charge on any atom is 0.321 e. The molecule has 0 aliphatic carbocycles. The average Bonchev–Trinajstić information content (AvgIpc) is 2.71. The third-order valence-electron chi connectivity index (χ3n) is 3.76. The van der Waals surface area contributed by atoms with Crippen LogP contribution in [0.3, 0.4) is 0 Å². The zero-order chi connectivity index (χ0) is 17.3. The normalized spacial score (nSPS) is 19.3. The molecule has 1 aliphatic heterocycles. The number of nitrogens with two attached hydrogens (primary N) is 1. The van der Waals surface area contributed by atoms with Crippen LogP contribution in [0.1, 0.15) is 23.1 Å². The summed E-state index contributed by atoms with van der Waals surface area (Å²) in [7, 11) is 0. The molecule has 124 valence electrons. The van der Waals surface area contributed by atoms with Gasteiger partial charge in [0.15, 0.2) is 0 Å². The Labute approximate surface area is 139 Å². The molecule has 1 heterocycles. The zero-order valence-electron chi connectivity index (χ0n) is 13.3. The fourth-order valence-corrected chi connectivity index (χ4v) is 3.88. The van der Waals surface area contributed by atoms with Crippen molar-refractivity contribution in [2.45, 2.75) is 38.5 Å². The molecule has 0 radical (unpaired) electrons. The van der Waals surface area contributed by atoms with Crippen molar-refractivity contribution >= 4 is 35.2 Å². The summed E-state index contributed by atoms with van der Waals surface area (Å²) in [5.41, 5.74) is 8.91. The summed E-state index contributed by atoms with van der Waals surface area (Å²) in [4.78, 5) is 36.9. The number of thioether (sulfide) groups is 1. The lowest BCUT2D eigenvalue weighted by Crippen LogP contribution is -2.35. The minimum absolute atomic E-state index is 0.0720. The average molecular weight is 336 g/mol. The number of aryl methyl sites for hydroxylation is 3. The Balaban J connectivity index is 2.21. The van der Waals surface area contributed by atoms with Crippen LogP contribution in [-0.4, -0.2) is 39.9 Å². The lowest BCUT2D eigenvalue weighted by molar-refractivity contribution is -0.138. The minimum atomic E-state index is -1.11. The van der Waals surface area contributed by atoms with E-state index in [4.69, 9.17) is 10.8 Å². The molecule has 6 nitrogen and oxygen atoms in total. The van der Waals surface area contributed by atoms with Crippen molar-refractivity contribution in [1.29, 1.82) is 0 Å². The van der Waals surface area contributed by atoms with Gasteiger partial charge in [-0.2, -0.15) is 0 Å². The standard InChI is InChI=1S/C16H20N2O4S/c1-8-4-9(2)14(10(3)5-8)18-13(19)6-12(15(18)20)23-7-11(17)16(21)22/h4-5,11-12H,6-7,17H2,1-3H3,(H,21,22)/t11-,12+/m0/s1. The van der Waals surface area contributed by atoms with E-state index >= 15 is 0 Å². The lowest BCUT2D eigenvalue weighted by atomic mass is 10.0. The highest BCUT2D eigenvalue weighted by atomic mass is 32.2. The Bertz CT molecular complexity index is 651. The van der Waals surface area contributed by atoms with Gasteiger partial charge in [-0.1, -0.05) is 17.7 Å². The van der Waals surface area contributed by atoms with Crippen LogP contribution in [0, 0.1) is 20.8 Å². The van der Waals surface area contributed by atoms with Gasteiger partial charge in [-0.3, -0.25) is 14.4 Å². The number of hydrogen-bond donors (Lipinski definition) is 2. The summed E-state index contributed by atoms with van der Waals surface area (Å²) in [6.07, 6.45) is 0.0720. The van der Waals surface area contributed by atoms with Gasteiger partial charge in [-0.05, 0) is 31.9 Å². The SMILES string of the molecule is Cc1cc(C)c(N2C(=O)C[C@@H](SC[C@H](N)C(=O)O)C2=O)c(C)c1. The first kappa shape index (κ1) is 17.5. The molecule has 0 saturated carbocycles. The van der Waals surface area contributed by atoms with Gasteiger partial charge in [-0.25, -0.2) is 4.90 Å². The van der Waals surface area contributed by atoms with Crippen LogP contribution in [-0.2, 0) is 14.4 Å². The molecular formula is C16H20N2O4S. The molecule has 2 atom stereocenters. The number of benzene rings is 1. The Kier molecular flexibility index (Phi) is 5.11. The molecular weight excluding hydrogens is 316 g/mol. The number of aliphatic carboxylic acids is 1. The van der Waals surface area contributed by atoms with Gasteiger partial charge < -0.3 is 10.8 Å². The number of amides is 2. The number of rotatable bonds is 5. The summed E-state index contributed by atoms with van der Waals surface area (Å²) in [6, 6.07) is 2.83. The van der Waals surface area contributed by atoms with E-state index in [-0.39, 0.29) is 24.0 Å². The Morgan fingerprint density at radius 2 is 1.91 bits per heavy atom. The third-order valence-corrected chi connectivity index (χ3v) is 5.08. The predicted octanol–water partition coefficient (Wildman–Crippen LogP) is 1.39. The van der Waals surface area contributed by atoms with Crippen LogP contribution in [0.5, 0.6) is 0 Å². The van der Waals surface area contributed by atoms with Gasteiger partial charge in [0.1, 0.15) is 6.04 Å². The zero-order valence-corrected chi connectivity index (χ0v) is 14.1. The molecule has 0 aromatic heterocycles.